The smallest absolute Gasteiger partial charge is 0.107 e. The number of benzene rings is 1. The van der Waals surface area contributed by atoms with Crippen LogP contribution in [0.3, 0.4) is 0 Å². The van der Waals surface area contributed by atoms with Gasteiger partial charge < -0.3 is 5.32 Å². The van der Waals surface area contributed by atoms with E-state index in [0.717, 1.165) is 13.1 Å². The minimum Gasteiger partial charge on any atom is -0.381 e. The summed E-state index contributed by atoms with van der Waals surface area (Å²) in [5.74, 6) is 0.595. The zero-order valence-electron chi connectivity index (χ0n) is 13.5. The lowest BCUT2D eigenvalue weighted by molar-refractivity contribution is 0.208. The van der Waals surface area contributed by atoms with Gasteiger partial charge >= 0.3 is 0 Å². The van der Waals surface area contributed by atoms with Gasteiger partial charge in [0.1, 0.15) is 5.01 Å². The molecular weight excluding hydrogens is 290 g/mol. The van der Waals surface area contributed by atoms with E-state index in [-0.39, 0.29) is 0 Å². The van der Waals surface area contributed by atoms with Crippen molar-refractivity contribution in [2.24, 2.45) is 0 Å². The average molecular weight is 315 g/mol. The standard InChI is InChI=1S/C18H25N3S/c1-14(2)15-5-7-16(8-6-15)20-17-4-3-10-21(12-17)13-18-19-9-11-22-18/h5-9,11,14,17,20H,3-4,10,12-13H2,1-2H3. The van der Waals surface area contributed by atoms with E-state index in [1.807, 2.05) is 6.20 Å². The van der Waals surface area contributed by atoms with Gasteiger partial charge in [-0.1, -0.05) is 26.0 Å². The summed E-state index contributed by atoms with van der Waals surface area (Å²) in [4.78, 5) is 6.92. The zero-order chi connectivity index (χ0) is 15.4. The van der Waals surface area contributed by atoms with Crippen molar-refractivity contribution in [1.82, 2.24) is 9.88 Å². The molecule has 1 saturated heterocycles. The first-order chi connectivity index (χ1) is 10.7. The molecule has 1 aliphatic rings. The molecule has 1 atom stereocenters. The number of thiazole rings is 1. The van der Waals surface area contributed by atoms with Crippen molar-refractivity contribution in [2.75, 3.05) is 18.4 Å². The van der Waals surface area contributed by atoms with Gasteiger partial charge in [-0.2, -0.15) is 0 Å². The third-order valence-corrected chi connectivity index (χ3v) is 5.06. The molecule has 22 heavy (non-hydrogen) atoms. The van der Waals surface area contributed by atoms with Crippen LogP contribution in [0, 0.1) is 0 Å². The molecule has 3 nitrogen and oxygen atoms in total. The van der Waals surface area contributed by atoms with E-state index in [1.54, 1.807) is 11.3 Å². The molecule has 1 aromatic heterocycles. The summed E-state index contributed by atoms with van der Waals surface area (Å²) in [6, 6.07) is 9.45. The minimum absolute atomic E-state index is 0.540. The van der Waals surface area contributed by atoms with Gasteiger partial charge in [-0.25, -0.2) is 4.98 Å². The second kappa shape index (κ2) is 7.25. The first kappa shape index (κ1) is 15.5. The van der Waals surface area contributed by atoms with Crippen LogP contribution in [-0.2, 0) is 6.54 Å². The highest BCUT2D eigenvalue weighted by Gasteiger charge is 2.20. The van der Waals surface area contributed by atoms with Crippen molar-refractivity contribution in [3.8, 4) is 0 Å². The van der Waals surface area contributed by atoms with Crippen LogP contribution in [0.4, 0.5) is 5.69 Å². The molecule has 1 fully saturated rings. The molecule has 4 heteroatoms. The lowest BCUT2D eigenvalue weighted by atomic mass is 10.0. The molecule has 1 aliphatic heterocycles. The van der Waals surface area contributed by atoms with Gasteiger partial charge in [0, 0.05) is 29.9 Å². The molecule has 0 bridgehead atoms. The molecule has 2 aromatic rings. The molecule has 0 amide bonds. The van der Waals surface area contributed by atoms with E-state index < -0.39 is 0 Å². The number of anilines is 1. The highest BCUT2D eigenvalue weighted by Crippen LogP contribution is 2.21. The second-order valence-corrected chi connectivity index (χ2v) is 7.40. The zero-order valence-corrected chi connectivity index (χ0v) is 14.3. The Morgan fingerprint density at radius 2 is 2.14 bits per heavy atom. The summed E-state index contributed by atoms with van der Waals surface area (Å²) in [6.45, 7) is 7.75. The number of hydrogen-bond donors (Lipinski definition) is 1. The van der Waals surface area contributed by atoms with Crippen LogP contribution in [0.5, 0.6) is 0 Å². The Balaban J connectivity index is 1.55. The number of aromatic nitrogens is 1. The first-order valence-electron chi connectivity index (χ1n) is 8.18. The van der Waals surface area contributed by atoms with E-state index >= 15 is 0 Å². The Labute approximate surface area is 137 Å². The summed E-state index contributed by atoms with van der Waals surface area (Å²) in [5.41, 5.74) is 2.64. The maximum atomic E-state index is 4.40. The highest BCUT2D eigenvalue weighted by molar-refractivity contribution is 7.09. The van der Waals surface area contributed by atoms with Crippen molar-refractivity contribution in [3.63, 3.8) is 0 Å². The predicted octanol–water partition coefficient (Wildman–Crippen LogP) is 4.34. The van der Waals surface area contributed by atoms with Gasteiger partial charge in [-0.15, -0.1) is 11.3 Å². The molecule has 1 unspecified atom stereocenters. The van der Waals surface area contributed by atoms with Crippen LogP contribution in [0.2, 0.25) is 0 Å². The fourth-order valence-electron chi connectivity index (χ4n) is 3.04. The van der Waals surface area contributed by atoms with Crippen molar-refractivity contribution >= 4 is 17.0 Å². The number of nitrogens with one attached hydrogen (secondary N) is 1. The molecule has 0 aliphatic carbocycles. The van der Waals surface area contributed by atoms with Crippen LogP contribution in [0.15, 0.2) is 35.8 Å². The van der Waals surface area contributed by atoms with Gasteiger partial charge in [0.15, 0.2) is 0 Å². The number of nitrogens with zero attached hydrogens (tertiary/aromatic N) is 2. The van der Waals surface area contributed by atoms with Crippen LogP contribution in [0.25, 0.3) is 0 Å². The first-order valence-corrected chi connectivity index (χ1v) is 9.06. The van der Waals surface area contributed by atoms with E-state index in [0.29, 0.717) is 12.0 Å². The fourth-order valence-corrected chi connectivity index (χ4v) is 3.70. The van der Waals surface area contributed by atoms with Crippen molar-refractivity contribution in [3.05, 3.63) is 46.4 Å². The average Bonchev–Trinajstić information content (AvgIpc) is 3.01. The quantitative estimate of drug-likeness (QED) is 0.889. The molecule has 1 aromatic carbocycles. The number of rotatable bonds is 5. The second-order valence-electron chi connectivity index (χ2n) is 6.42. The van der Waals surface area contributed by atoms with Gasteiger partial charge in [0.05, 0.1) is 6.54 Å². The van der Waals surface area contributed by atoms with E-state index in [9.17, 15) is 0 Å². The largest absolute Gasteiger partial charge is 0.381 e. The van der Waals surface area contributed by atoms with Crippen LogP contribution >= 0.6 is 11.3 Å². The van der Waals surface area contributed by atoms with Gasteiger partial charge in [0.25, 0.3) is 0 Å². The molecule has 118 valence electrons. The molecule has 0 spiro atoms. The van der Waals surface area contributed by atoms with E-state index in [1.165, 1.54) is 35.6 Å². The maximum Gasteiger partial charge on any atom is 0.107 e. The molecule has 2 heterocycles. The normalized spacial score (nSPS) is 19.5. The van der Waals surface area contributed by atoms with E-state index in [2.05, 4.69) is 58.7 Å². The summed E-state index contributed by atoms with van der Waals surface area (Å²) in [7, 11) is 0. The van der Waals surface area contributed by atoms with E-state index in [4.69, 9.17) is 0 Å². The van der Waals surface area contributed by atoms with Crippen molar-refractivity contribution in [1.29, 1.82) is 0 Å². The topological polar surface area (TPSA) is 28.2 Å². The highest BCUT2D eigenvalue weighted by atomic mass is 32.1. The van der Waals surface area contributed by atoms with Crippen molar-refractivity contribution in [2.45, 2.75) is 45.2 Å². The van der Waals surface area contributed by atoms with Gasteiger partial charge in [-0.05, 0) is 43.0 Å². The summed E-state index contributed by atoms with van der Waals surface area (Å²) in [6.07, 6.45) is 4.41. The molecule has 0 radical (unpaired) electrons. The number of piperidine rings is 1. The van der Waals surface area contributed by atoms with Crippen LogP contribution < -0.4 is 5.32 Å². The molecular formula is C18H25N3S. The monoisotopic (exact) mass is 315 g/mol. The third-order valence-electron chi connectivity index (χ3n) is 4.30. The number of likely N-dealkylation sites (tertiary alicyclic amines) is 1. The van der Waals surface area contributed by atoms with Crippen LogP contribution in [-0.4, -0.2) is 29.0 Å². The summed E-state index contributed by atoms with van der Waals surface area (Å²) in [5, 5.41) is 6.98. The lowest BCUT2D eigenvalue weighted by Gasteiger charge is -2.33. The molecule has 3 rings (SSSR count). The number of hydrogen-bond acceptors (Lipinski definition) is 4. The maximum absolute atomic E-state index is 4.40. The molecule has 1 N–H and O–H groups in total. The minimum atomic E-state index is 0.540. The SMILES string of the molecule is CC(C)c1ccc(NC2CCCN(Cc3nccs3)C2)cc1. The van der Waals surface area contributed by atoms with Gasteiger partial charge in [-0.3, -0.25) is 4.90 Å². The summed E-state index contributed by atoms with van der Waals surface area (Å²) >= 11 is 1.75. The predicted molar refractivity (Wildman–Crippen MR) is 94.6 cm³/mol. The Morgan fingerprint density at radius 3 is 2.82 bits per heavy atom. The molecule has 0 saturated carbocycles. The lowest BCUT2D eigenvalue weighted by Crippen LogP contribution is -2.41. The Hall–Kier alpha value is -1.39. The Bertz CT molecular complexity index is 563. The Kier molecular flexibility index (Phi) is 5.11. The third kappa shape index (κ3) is 4.08. The van der Waals surface area contributed by atoms with Crippen molar-refractivity contribution < 1.29 is 0 Å². The summed E-state index contributed by atoms with van der Waals surface area (Å²) < 4.78 is 0. The fraction of sp³-hybridized carbons (Fsp3) is 0.500. The van der Waals surface area contributed by atoms with Gasteiger partial charge in [0.2, 0.25) is 0 Å². The Morgan fingerprint density at radius 1 is 1.32 bits per heavy atom. The van der Waals surface area contributed by atoms with Crippen LogP contribution in [0.1, 0.15) is 43.2 Å².